The van der Waals surface area contributed by atoms with E-state index in [-0.39, 0.29) is 18.8 Å². The van der Waals surface area contributed by atoms with Gasteiger partial charge in [-0.05, 0) is 54.1 Å². The van der Waals surface area contributed by atoms with Crippen LogP contribution in [0.2, 0.25) is 0 Å². The van der Waals surface area contributed by atoms with Gasteiger partial charge in [0.2, 0.25) is 0 Å². The first kappa shape index (κ1) is 26.9. The highest BCUT2D eigenvalue weighted by molar-refractivity contribution is 6.03. The fourth-order valence-corrected chi connectivity index (χ4v) is 3.89. The third-order valence-corrected chi connectivity index (χ3v) is 5.86. The summed E-state index contributed by atoms with van der Waals surface area (Å²) < 4.78 is 62.5. The molecule has 8 nitrogen and oxygen atoms in total. The van der Waals surface area contributed by atoms with Gasteiger partial charge in [0.05, 0.1) is 24.1 Å². The van der Waals surface area contributed by atoms with E-state index in [1.165, 1.54) is 35.4 Å². The van der Waals surface area contributed by atoms with Crippen LogP contribution in [0.1, 0.15) is 29.3 Å². The monoisotopic (exact) mass is 532 g/mol. The van der Waals surface area contributed by atoms with E-state index in [1.54, 1.807) is 24.3 Å². The molecule has 2 aromatic carbocycles. The average molecular weight is 532 g/mol. The Kier molecular flexibility index (Phi) is 8.10. The number of hydrazone groups is 1. The Hall–Kier alpha value is -4.19. The molecule has 1 aliphatic rings. The number of furan rings is 1. The number of alkyl halides is 3. The van der Waals surface area contributed by atoms with E-state index >= 15 is 0 Å². The van der Waals surface area contributed by atoms with Gasteiger partial charge < -0.3 is 19.4 Å². The lowest BCUT2D eigenvalue weighted by molar-refractivity contribution is -0.137. The van der Waals surface area contributed by atoms with Crippen LogP contribution in [0.5, 0.6) is 0 Å². The number of urea groups is 1. The fraction of sp³-hybridized carbons (Fsp3) is 0.269. The Bertz CT molecular complexity index is 1280. The number of ether oxygens (including phenoxy) is 1. The number of hydrogen-bond acceptors (Lipinski definition) is 5. The lowest BCUT2D eigenvalue weighted by Crippen LogP contribution is -2.44. The number of hydrogen-bond donors (Lipinski definition) is 1. The van der Waals surface area contributed by atoms with Crippen LogP contribution in [0.25, 0.3) is 0 Å². The van der Waals surface area contributed by atoms with Gasteiger partial charge in [0.15, 0.2) is 0 Å². The van der Waals surface area contributed by atoms with Gasteiger partial charge in [0, 0.05) is 25.8 Å². The van der Waals surface area contributed by atoms with Crippen LogP contribution in [0.3, 0.4) is 0 Å². The summed E-state index contributed by atoms with van der Waals surface area (Å²) in [5.74, 6) is -0.449. The average Bonchev–Trinajstić information content (AvgIpc) is 3.57. The predicted octanol–water partition coefficient (Wildman–Crippen LogP) is 5.30. The summed E-state index contributed by atoms with van der Waals surface area (Å²) in [7, 11) is 1.43. The number of carbonyl (C=O) groups is 2. The Morgan fingerprint density at radius 1 is 1.13 bits per heavy atom. The summed E-state index contributed by atoms with van der Waals surface area (Å²) in [5.41, 5.74) is 0.450. The van der Waals surface area contributed by atoms with Crippen LogP contribution in [0.15, 0.2) is 76.4 Å². The van der Waals surface area contributed by atoms with Crippen LogP contribution >= 0.6 is 0 Å². The summed E-state index contributed by atoms with van der Waals surface area (Å²) in [4.78, 5) is 27.5. The molecule has 0 aliphatic carbocycles. The van der Waals surface area contributed by atoms with Gasteiger partial charge in [-0.2, -0.15) is 18.3 Å². The van der Waals surface area contributed by atoms with Crippen LogP contribution in [-0.2, 0) is 15.7 Å². The molecular weight excluding hydrogens is 508 g/mol. The van der Waals surface area contributed by atoms with Crippen molar-refractivity contribution in [2.24, 2.45) is 5.10 Å². The van der Waals surface area contributed by atoms with E-state index in [4.69, 9.17) is 9.15 Å². The maximum Gasteiger partial charge on any atom is 0.416 e. The molecule has 1 aliphatic heterocycles. The van der Waals surface area contributed by atoms with Crippen molar-refractivity contribution in [2.45, 2.75) is 18.6 Å². The standard InChI is InChI=1S/C26H24F4N4O4/c1-37-14-12-33(25(36)31-20-10-6-18(7-11-20)26(28,29)30)16-24(35)34-22(23-3-2-13-38-23)15-21(32-34)17-4-8-19(27)9-5-17/h2-11,13,22H,12,14-16H2,1H3,(H,31,36). The first-order valence-electron chi connectivity index (χ1n) is 11.6. The van der Waals surface area contributed by atoms with Gasteiger partial charge in [0.1, 0.15) is 24.2 Å². The van der Waals surface area contributed by atoms with E-state index in [1.807, 2.05) is 0 Å². The van der Waals surface area contributed by atoms with Crippen molar-refractivity contribution in [3.63, 3.8) is 0 Å². The fourth-order valence-electron chi connectivity index (χ4n) is 3.89. The number of carbonyl (C=O) groups excluding carboxylic acids is 2. The lowest BCUT2D eigenvalue weighted by Gasteiger charge is -2.26. The van der Waals surface area contributed by atoms with Crippen molar-refractivity contribution in [2.75, 3.05) is 32.1 Å². The molecule has 0 fully saturated rings. The lowest BCUT2D eigenvalue weighted by atomic mass is 10.0. The number of methoxy groups -OCH3 is 1. The minimum atomic E-state index is -4.51. The Morgan fingerprint density at radius 2 is 1.84 bits per heavy atom. The van der Waals surface area contributed by atoms with Crippen molar-refractivity contribution < 1.29 is 36.3 Å². The third kappa shape index (κ3) is 6.38. The zero-order valence-corrected chi connectivity index (χ0v) is 20.2. The molecule has 0 spiro atoms. The SMILES string of the molecule is COCCN(CC(=O)N1N=C(c2ccc(F)cc2)CC1c1ccco1)C(=O)Nc1ccc(C(F)(F)F)cc1. The summed E-state index contributed by atoms with van der Waals surface area (Å²) in [5, 5.41) is 8.19. The van der Waals surface area contributed by atoms with Crippen LogP contribution < -0.4 is 5.32 Å². The second kappa shape index (κ2) is 11.5. The molecule has 0 bridgehead atoms. The molecule has 4 rings (SSSR count). The number of rotatable bonds is 8. The quantitative estimate of drug-likeness (QED) is 0.399. The van der Waals surface area contributed by atoms with Gasteiger partial charge >= 0.3 is 12.2 Å². The summed E-state index contributed by atoms with van der Waals surface area (Å²) in [6, 6.07) is 11.8. The van der Waals surface area contributed by atoms with E-state index < -0.39 is 42.1 Å². The summed E-state index contributed by atoms with van der Waals surface area (Å²) in [6.45, 7) is -0.255. The van der Waals surface area contributed by atoms with Crippen LogP contribution in [0.4, 0.5) is 28.0 Å². The molecular formula is C26H24F4N4O4. The van der Waals surface area contributed by atoms with Crippen molar-refractivity contribution in [1.82, 2.24) is 9.91 Å². The van der Waals surface area contributed by atoms with Crippen molar-refractivity contribution in [1.29, 1.82) is 0 Å². The molecule has 2 heterocycles. The Balaban J connectivity index is 1.52. The molecule has 200 valence electrons. The number of benzene rings is 2. The molecule has 0 radical (unpaired) electrons. The van der Waals surface area contributed by atoms with Crippen LogP contribution in [0, 0.1) is 5.82 Å². The highest BCUT2D eigenvalue weighted by Gasteiger charge is 2.36. The first-order chi connectivity index (χ1) is 18.2. The zero-order valence-electron chi connectivity index (χ0n) is 20.2. The minimum Gasteiger partial charge on any atom is -0.467 e. The van der Waals surface area contributed by atoms with E-state index in [0.717, 1.165) is 24.3 Å². The minimum absolute atomic E-state index is 0.0303. The van der Waals surface area contributed by atoms with Crippen molar-refractivity contribution in [3.8, 4) is 0 Å². The zero-order chi connectivity index (χ0) is 27.3. The number of amides is 3. The summed E-state index contributed by atoms with van der Waals surface area (Å²) >= 11 is 0. The van der Waals surface area contributed by atoms with E-state index in [9.17, 15) is 27.2 Å². The molecule has 12 heteroatoms. The van der Waals surface area contributed by atoms with Crippen LogP contribution in [-0.4, -0.2) is 54.4 Å². The molecule has 38 heavy (non-hydrogen) atoms. The van der Waals surface area contributed by atoms with Gasteiger partial charge in [-0.3, -0.25) is 4.79 Å². The van der Waals surface area contributed by atoms with Gasteiger partial charge in [-0.25, -0.2) is 14.2 Å². The predicted molar refractivity (Wildman–Crippen MR) is 130 cm³/mol. The molecule has 1 unspecified atom stereocenters. The third-order valence-electron chi connectivity index (χ3n) is 5.86. The van der Waals surface area contributed by atoms with Gasteiger partial charge in [-0.1, -0.05) is 12.1 Å². The molecule has 0 saturated carbocycles. The van der Waals surface area contributed by atoms with Crippen molar-refractivity contribution >= 4 is 23.3 Å². The second-order valence-corrected chi connectivity index (χ2v) is 8.45. The van der Waals surface area contributed by atoms with Gasteiger partial charge in [-0.15, -0.1) is 0 Å². The molecule has 1 atom stereocenters. The highest BCUT2D eigenvalue weighted by atomic mass is 19.4. The highest BCUT2D eigenvalue weighted by Crippen LogP contribution is 2.33. The number of nitrogens with one attached hydrogen (secondary N) is 1. The molecule has 3 amide bonds. The first-order valence-corrected chi connectivity index (χ1v) is 11.6. The van der Waals surface area contributed by atoms with Crippen molar-refractivity contribution in [3.05, 3.63) is 89.6 Å². The molecule has 1 N–H and O–H groups in total. The molecule has 3 aromatic rings. The number of nitrogens with zero attached hydrogens (tertiary/aromatic N) is 3. The Labute approximate surface area is 215 Å². The largest absolute Gasteiger partial charge is 0.467 e. The summed E-state index contributed by atoms with van der Waals surface area (Å²) in [6.07, 6.45) is -2.73. The Morgan fingerprint density at radius 3 is 2.45 bits per heavy atom. The number of anilines is 1. The smallest absolute Gasteiger partial charge is 0.416 e. The second-order valence-electron chi connectivity index (χ2n) is 8.45. The van der Waals surface area contributed by atoms with E-state index in [0.29, 0.717) is 23.5 Å². The molecule has 1 aromatic heterocycles. The van der Waals surface area contributed by atoms with Gasteiger partial charge in [0.25, 0.3) is 5.91 Å². The number of halogens is 4. The molecule has 0 saturated heterocycles. The normalized spacial score (nSPS) is 15.3. The van der Waals surface area contributed by atoms with E-state index in [2.05, 4.69) is 10.4 Å². The maximum absolute atomic E-state index is 13.4. The topological polar surface area (TPSA) is 87.4 Å². The maximum atomic E-state index is 13.4.